The molecule has 8 heteroatoms. The molecule has 0 bridgehead atoms. The molecule has 1 fully saturated rings. The van der Waals surface area contributed by atoms with Gasteiger partial charge in [0.15, 0.2) is 5.75 Å². The fourth-order valence-corrected chi connectivity index (χ4v) is 4.41. The van der Waals surface area contributed by atoms with Crippen LogP contribution < -0.4 is 15.4 Å². The number of nitrogens with zero attached hydrogens (tertiary/aromatic N) is 4. The first-order chi connectivity index (χ1) is 15.4. The third-order valence-electron chi connectivity index (χ3n) is 6.22. The average Bonchev–Trinajstić information content (AvgIpc) is 3.22. The van der Waals surface area contributed by atoms with Gasteiger partial charge in [-0.3, -0.25) is 20.3 Å². The van der Waals surface area contributed by atoms with Crippen molar-refractivity contribution in [3.63, 3.8) is 0 Å². The number of anilines is 1. The molecule has 164 valence electrons. The molecule has 1 aromatic heterocycles. The lowest BCUT2D eigenvalue weighted by molar-refractivity contribution is -0.115. The average molecular weight is 433 g/mol. The molecule has 0 saturated carbocycles. The fraction of sp³-hybridized carbons (Fsp3) is 0.292. The van der Waals surface area contributed by atoms with Crippen LogP contribution in [0.5, 0.6) is 5.75 Å². The van der Waals surface area contributed by atoms with Crippen LogP contribution in [0.4, 0.5) is 10.1 Å². The van der Waals surface area contributed by atoms with Crippen LogP contribution in [-0.4, -0.2) is 47.0 Å². The highest BCUT2D eigenvalue weighted by Gasteiger charge is 2.41. The Morgan fingerprint density at radius 3 is 2.84 bits per heavy atom. The number of hydrogen-bond acceptors (Lipinski definition) is 6. The summed E-state index contributed by atoms with van der Waals surface area (Å²) in [6.07, 6.45) is 8.80. The predicted molar refractivity (Wildman–Crippen MR) is 120 cm³/mol. The lowest BCUT2D eigenvalue weighted by Crippen LogP contribution is -2.56. The molecule has 2 aliphatic heterocycles. The van der Waals surface area contributed by atoms with Crippen molar-refractivity contribution >= 4 is 22.5 Å². The molecule has 5 rings (SSSR count). The largest absolute Gasteiger partial charge is 0.464 e. The highest BCUT2D eigenvalue weighted by atomic mass is 19.1. The van der Waals surface area contributed by atoms with Gasteiger partial charge in [0, 0.05) is 23.9 Å². The van der Waals surface area contributed by atoms with Crippen LogP contribution in [0.3, 0.4) is 0 Å². The summed E-state index contributed by atoms with van der Waals surface area (Å²) in [6.45, 7) is 1.10. The first-order valence-corrected chi connectivity index (χ1v) is 10.6. The molecule has 1 amide bonds. The van der Waals surface area contributed by atoms with E-state index in [4.69, 9.17) is 10.5 Å². The number of rotatable bonds is 3. The Balaban J connectivity index is 1.58. The number of fused-ring (bicyclic) bond motifs is 3. The summed E-state index contributed by atoms with van der Waals surface area (Å²) in [4.78, 5) is 25.6. The van der Waals surface area contributed by atoms with Crippen LogP contribution in [-0.2, 0) is 10.5 Å². The van der Waals surface area contributed by atoms with Crippen LogP contribution >= 0.6 is 0 Å². The number of carbonyl (C=O) groups excluding carboxylic acids is 1. The smallest absolute Gasteiger partial charge is 0.251 e. The van der Waals surface area contributed by atoms with Crippen LogP contribution in [0.25, 0.3) is 10.9 Å². The van der Waals surface area contributed by atoms with Crippen LogP contribution in [0, 0.1) is 5.82 Å². The van der Waals surface area contributed by atoms with Gasteiger partial charge >= 0.3 is 0 Å². The van der Waals surface area contributed by atoms with Crippen LogP contribution in [0.1, 0.15) is 18.4 Å². The minimum Gasteiger partial charge on any atom is -0.464 e. The number of benzene rings is 2. The standard InChI is InChI=1S/C24H24FN5O2/c1-29-12-2-3-18(29)8-11-22(31)30-14-24(26,16-4-6-17(25)7-5-16)32-23-19-13-27-15-28-20(19)9-10-21(23)30/h4-11,13,15,18H,2-3,12,14,26H2,1H3. The first-order valence-electron chi connectivity index (χ1n) is 10.6. The predicted octanol–water partition coefficient (Wildman–Crippen LogP) is 2.96. The van der Waals surface area contributed by atoms with E-state index in [1.54, 1.807) is 29.3 Å². The van der Waals surface area contributed by atoms with E-state index in [1.807, 2.05) is 18.2 Å². The van der Waals surface area contributed by atoms with Gasteiger partial charge in [0.1, 0.15) is 12.1 Å². The zero-order valence-corrected chi connectivity index (χ0v) is 17.7. The van der Waals surface area contributed by atoms with Crippen molar-refractivity contribution in [3.8, 4) is 5.75 Å². The molecule has 1 saturated heterocycles. The normalized spacial score (nSPS) is 23.5. The second-order valence-corrected chi connectivity index (χ2v) is 8.34. The third kappa shape index (κ3) is 3.61. The highest BCUT2D eigenvalue weighted by molar-refractivity contribution is 6.05. The van der Waals surface area contributed by atoms with E-state index in [-0.39, 0.29) is 24.3 Å². The molecule has 2 N–H and O–H groups in total. The second kappa shape index (κ2) is 7.96. The lowest BCUT2D eigenvalue weighted by Gasteiger charge is -2.41. The number of aromatic nitrogens is 2. The summed E-state index contributed by atoms with van der Waals surface area (Å²) in [7, 11) is 2.06. The molecule has 2 unspecified atom stereocenters. The van der Waals surface area contributed by atoms with Crippen molar-refractivity contribution < 1.29 is 13.9 Å². The minimum atomic E-state index is -1.36. The lowest BCUT2D eigenvalue weighted by atomic mass is 9.99. The maximum Gasteiger partial charge on any atom is 0.251 e. The topological polar surface area (TPSA) is 84.6 Å². The van der Waals surface area contributed by atoms with Gasteiger partial charge in [0.25, 0.3) is 5.91 Å². The van der Waals surface area contributed by atoms with E-state index in [2.05, 4.69) is 21.9 Å². The Labute approximate surface area is 185 Å². The van der Waals surface area contributed by atoms with Gasteiger partial charge in [0.2, 0.25) is 5.72 Å². The molecule has 2 aliphatic rings. The maximum atomic E-state index is 13.5. The van der Waals surface area contributed by atoms with Crippen LogP contribution in [0.2, 0.25) is 0 Å². The Morgan fingerprint density at radius 2 is 2.09 bits per heavy atom. The monoisotopic (exact) mass is 433 g/mol. The highest BCUT2D eigenvalue weighted by Crippen LogP contribution is 2.43. The summed E-state index contributed by atoms with van der Waals surface area (Å²) in [5.74, 6) is -0.132. The zero-order chi connectivity index (χ0) is 22.3. The molecule has 3 heterocycles. The van der Waals surface area contributed by atoms with Gasteiger partial charge in [-0.15, -0.1) is 0 Å². The van der Waals surface area contributed by atoms with Crippen molar-refractivity contribution in [1.82, 2.24) is 14.9 Å². The third-order valence-corrected chi connectivity index (χ3v) is 6.22. The minimum absolute atomic E-state index is 0.0779. The van der Waals surface area contributed by atoms with E-state index >= 15 is 0 Å². The number of halogens is 1. The summed E-state index contributed by atoms with van der Waals surface area (Å²) in [5, 5.41) is 0.652. The van der Waals surface area contributed by atoms with Crippen molar-refractivity contribution in [2.45, 2.75) is 24.6 Å². The number of hydrogen-bond donors (Lipinski definition) is 1. The van der Waals surface area contributed by atoms with E-state index < -0.39 is 5.72 Å². The van der Waals surface area contributed by atoms with E-state index in [9.17, 15) is 9.18 Å². The number of likely N-dealkylation sites (N-methyl/N-ethyl adjacent to an activating group) is 1. The molecule has 0 aliphatic carbocycles. The summed E-state index contributed by atoms with van der Waals surface area (Å²) < 4.78 is 19.8. The van der Waals surface area contributed by atoms with Gasteiger partial charge in [-0.1, -0.05) is 18.2 Å². The van der Waals surface area contributed by atoms with E-state index in [0.717, 1.165) is 19.4 Å². The molecular formula is C24H24FN5O2. The SMILES string of the molecule is CN1CCCC1C=CC(=O)N1CC(N)(c2ccc(F)cc2)Oc2c1ccc1ncncc21. The van der Waals surface area contributed by atoms with Gasteiger partial charge < -0.3 is 4.74 Å². The maximum absolute atomic E-state index is 13.5. The van der Waals surface area contributed by atoms with E-state index in [0.29, 0.717) is 27.9 Å². The van der Waals surface area contributed by atoms with Gasteiger partial charge in [0.05, 0.1) is 23.1 Å². The number of ether oxygens (including phenoxy) is 1. The van der Waals surface area contributed by atoms with E-state index in [1.165, 1.54) is 18.5 Å². The summed E-state index contributed by atoms with van der Waals surface area (Å²) in [6, 6.07) is 9.69. The molecular weight excluding hydrogens is 409 g/mol. The van der Waals surface area contributed by atoms with Crippen molar-refractivity contribution in [1.29, 1.82) is 0 Å². The fourth-order valence-electron chi connectivity index (χ4n) is 4.41. The number of nitrogens with two attached hydrogens (primary N) is 1. The number of likely N-dealkylation sites (tertiary alicyclic amines) is 1. The Morgan fingerprint density at radius 1 is 1.28 bits per heavy atom. The molecule has 7 nitrogen and oxygen atoms in total. The molecule has 2 aromatic carbocycles. The Bertz CT molecular complexity index is 1200. The van der Waals surface area contributed by atoms with Gasteiger partial charge in [-0.25, -0.2) is 14.4 Å². The number of carbonyl (C=O) groups is 1. The summed E-state index contributed by atoms with van der Waals surface area (Å²) >= 11 is 0. The van der Waals surface area contributed by atoms with Crippen molar-refractivity contribution in [2.24, 2.45) is 5.73 Å². The Hall–Kier alpha value is -3.36. The van der Waals surface area contributed by atoms with Crippen molar-refractivity contribution in [3.05, 3.63) is 72.5 Å². The second-order valence-electron chi connectivity index (χ2n) is 8.34. The quantitative estimate of drug-likeness (QED) is 0.640. The molecule has 0 spiro atoms. The van der Waals surface area contributed by atoms with Crippen LogP contribution in [0.15, 0.2) is 61.1 Å². The zero-order valence-electron chi connectivity index (χ0n) is 17.7. The Kier molecular flexibility index (Phi) is 5.11. The van der Waals surface area contributed by atoms with Gasteiger partial charge in [-0.05, 0) is 50.7 Å². The van der Waals surface area contributed by atoms with Crippen molar-refractivity contribution in [2.75, 3.05) is 25.0 Å². The molecule has 32 heavy (non-hydrogen) atoms. The molecule has 2 atom stereocenters. The molecule has 3 aromatic rings. The summed E-state index contributed by atoms with van der Waals surface area (Å²) in [5.41, 5.74) is 7.18. The number of amides is 1. The first kappa shape index (κ1) is 20.5. The van der Waals surface area contributed by atoms with Gasteiger partial charge in [-0.2, -0.15) is 0 Å². The molecule has 0 radical (unpaired) electrons.